The van der Waals surface area contributed by atoms with Crippen LogP contribution in [0.15, 0.2) is 203 Å². The van der Waals surface area contributed by atoms with E-state index in [0.717, 1.165) is 184 Å². The molecule has 10 aliphatic heterocycles. The van der Waals surface area contributed by atoms with Crippen LogP contribution in [0.25, 0.3) is 0 Å². The highest BCUT2D eigenvalue weighted by atomic mass is 35.5. The van der Waals surface area contributed by atoms with Gasteiger partial charge in [-0.3, -0.25) is 35.6 Å². The van der Waals surface area contributed by atoms with Crippen molar-refractivity contribution in [1.82, 2.24) is 70.6 Å². The molecule has 0 radical (unpaired) electrons. The van der Waals surface area contributed by atoms with Gasteiger partial charge in [-0.15, -0.1) is 8.78 Å². The number of ether oxygens (including phenoxy) is 2. The molecule has 5 unspecified atom stereocenters. The number of piperidine rings is 4. The number of hydrogen-bond donors (Lipinski definition) is 10. The fraction of sp³-hybridized carbons (Fsp3) is 0.362. The van der Waals surface area contributed by atoms with E-state index in [0.29, 0.717) is 96.0 Å². The fourth-order valence-electron chi connectivity index (χ4n) is 19.4. The predicted molar refractivity (Wildman–Crippen MR) is 479 cm³/mol. The maximum absolute atomic E-state index is 13.7. The van der Waals surface area contributed by atoms with Gasteiger partial charge in [0.25, 0.3) is 5.69 Å². The number of H-pyrrole nitrogens is 5. The number of para-hydroxylation sites is 2. The van der Waals surface area contributed by atoms with Gasteiger partial charge in [0.05, 0.1) is 129 Å². The first-order chi connectivity index (χ1) is 62.9. The van der Waals surface area contributed by atoms with Crippen LogP contribution in [0.1, 0.15) is 162 Å². The van der Waals surface area contributed by atoms with Crippen LogP contribution in [-0.4, -0.2) is 162 Å². The Labute approximate surface area is 756 Å². The Morgan fingerprint density at radius 1 is 0.438 bits per heavy atom. The van der Waals surface area contributed by atoms with Crippen LogP contribution in [0.5, 0.6) is 11.5 Å². The highest BCUT2D eigenvalue weighted by Gasteiger charge is 2.48. The molecule has 10 N–H and O–H groups in total. The highest BCUT2D eigenvalue weighted by Crippen LogP contribution is 2.55. The molecule has 0 amide bonds. The molecule has 4 fully saturated rings. The Balaban J connectivity index is 0.000000119. The maximum Gasteiger partial charge on any atom is 0.586 e. The van der Waals surface area contributed by atoms with Crippen molar-refractivity contribution in [2.75, 3.05) is 107 Å². The fourth-order valence-corrected chi connectivity index (χ4v) is 20.0. The molecule has 10 aromatic rings. The normalized spacial score (nSPS) is 21.0. The molecule has 36 heteroatoms. The molecular formula is C94H94Cl2F5N25O4. The van der Waals surface area contributed by atoms with Crippen LogP contribution in [0.2, 0.25) is 10.0 Å². The first-order valence-electron chi connectivity index (χ1n) is 43.1. The van der Waals surface area contributed by atoms with Crippen molar-refractivity contribution in [3.8, 4) is 41.8 Å². The van der Waals surface area contributed by atoms with Gasteiger partial charge in [0, 0.05) is 113 Å². The van der Waals surface area contributed by atoms with E-state index in [-0.39, 0.29) is 51.3 Å². The lowest BCUT2D eigenvalue weighted by molar-refractivity contribution is -0.385. The minimum atomic E-state index is -4.50. The zero-order valence-corrected chi connectivity index (χ0v) is 73.3. The second kappa shape index (κ2) is 38.7. The lowest BCUT2D eigenvalue weighted by Crippen LogP contribution is -2.34. The Hall–Kier alpha value is -13.6. The summed E-state index contributed by atoms with van der Waals surface area (Å²) in [6.45, 7) is 9.85. The first kappa shape index (κ1) is 89.7. The number of nitro benzene ring substituents is 1. The maximum atomic E-state index is 13.7. The van der Waals surface area contributed by atoms with Gasteiger partial charge < -0.3 is 55.7 Å². The number of rotatable bonds is 12. The number of anilines is 5. The van der Waals surface area contributed by atoms with Gasteiger partial charge in [0.2, 0.25) is 0 Å². The summed E-state index contributed by atoms with van der Waals surface area (Å²) in [7, 11) is 8.42. The van der Waals surface area contributed by atoms with Crippen molar-refractivity contribution in [3.05, 3.63) is 284 Å². The van der Waals surface area contributed by atoms with Crippen molar-refractivity contribution in [3.63, 3.8) is 0 Å². The molecule has 5 atom stereocenters. The van der Waals surface area contributed by atoms with Gasteiger partial charge in [-0.25, -0.2) is 0 Å². The Bertz CT molecular complexity index is 6240. The summed E-state index contributed by atoms with van der Waals surface area (Å²) in [5.74, 6) is 2.40. The average molecular weight is 1800 g/mol. The number of benzene rings is 5. The van der Waals surface area contributed by atoms with Gasteiger partial charge in [-0.2, -0.15) is 65.0 Å². The largest absolute Gasteiger partial charge is 0.586 e. The number of nitrogens with one attached hydrogen (secondary N) is 10. The summed E-state index contributed by atoms with van der Waals surface area (Å²) < 4.78 is 77.4. The summed E-state index contributed by atoms with van der Waals surface area (Å²) in [5.41, 5.74) is 13.5. The molecule has 0 spiro atoms. The summed E-state index contributed by atoms with van der Waals surface area (Å²) in [4.78, 5) is 20.4. The number of aromatic nitrogens is 10. The van der Waals surface area contributed by atoms with E-state index in [1.165, 1.54) is 30.5 Å². The Morgan fingerprint density at radius 3 is 1.20 bits per heavy atom. The molecule has 668 valence electrons. The van der Waals surface area contributed by atoms with Crippen molar-refractivity contribution in [2.45, 2.75) is 113 Å². The van der Waals surface area contributed by atoms with E-state index < -0.39 is 35.8 Å². The summed E-state index contributed by atoms with van der Waals surface area (Å²) in [6.07, 6.45) is 9.34. The Kier molecular flexibility index (Phi) is 26.7. The lowest BCUT2D eigenvalue weighted by Gasteiger charge is -2.35. The van der Waals surface area contributed by atoms with E-state index in [1.807, 2.05) is 56.6 Å². The molecule has 5 aromatic carbocycles. The molecule has 4 saturated heterocycles. The summed E-state index contributed by atoms with van der Waals surface area (Å²) >= 11 is 13.0. The summed E-state index contributed by atoms with van der Waals surface area (Å²) in [6, 6.07) is 44.2. The number of nitro groups is 1. The minimum Gasteiger partial charge on any atom is -0.395 e. The number of hydrogen-bond acceptors (Lipinski definition) is 23. The molecular weight excluding hydrogens is 1710 g/mol. The van der Waals surface area contributed by atoms with E-state index in [2.05, 4.69) is 166 Å². The molecule has 130 heavy (non-hydrogen) atoms. The van der Waals surface area contributed by atoms with Crippen LogP contribution in [0, 0.1) is 90.4 Å². The van der Waals surface area contributed by atoms with E-state index >= 15 is 0 Å². The molecule has 5 aromatic heterocycles. The first-order valence-corrected chi connectivity index (χ1v) is 43.9. The van der Waals surface area contributed by atoms with Gasteiger partial charge >= 0.3 is 12.5 Å². The van der Waals surface area contributed by atoms with Crippen LogP contribution >= 0.6 is 23.2 Å². The number of halogens is 7. The number of nitriles is 5. The average Bonchev–Trinajstić information content (AvgIpc) is 1.35. The number of aromatic amines is 5. The zero-order chi connectivity index (χ0) is 91.2. The number of nitrogens with zero attached hydrogens (tertiary/aromatic N) is 15. The zero-order valence-electron chi connectivity index (χ0n) is 71.8. The third-order valence-electron chi connectivity index (χ3n) is 26.0. The van der Waals surface area contributed by atoms with Crippen molar-refractivity contribution < 1.29 is 36.3 Å². The van der Waals surface area contributed by atoms with Gasteiger partial charge in [-0.05, 0) is 174 Å². The molecule has 0 bridgehead atoms. The van der Waals surface area contributed by atoms with E-state index in [4.69, 9.17) is 27.9 Å². The molecule has 0 saturated carbocycles. The van der Waals surface area contributed by atoms with Crippen LogP contribution in [0.4, 0.5) is 56.7 Å². The smallest absolute Gasteiger partial charge is 0.395 e. The molecule has 20 rings (SSSR count). The second-order valence-corrected chi connectivity index (χ2v) is 34.7. The minimum absolute atomic E-state index is 0.0204. The number of allylic oxidation sites excluding steroid dienone is 10. The molecule has 10 aliphatic rings. The molecule has 0 aliphatic carbocycles. The predicted octanol–water partition coefficient (Wildman–Crippen LogP) is 18.4. The van der Waals surface area contributed by atoms with Crippen molar-refractivity contribution in [1.29, 1.82) is 26.3 Å². The number of likely N-dealkylation sites (tertiary alicyclic amines) is 4. The Morgan fingerprint density at radius 2 is 0.785 bits per heavy atom. The lowest BCUT2D eigenvalue weighted by atomic mass is 9.77. The van der Waals surface area contributed by atoms with Crippen molar-refractivity contribution in [2.24, 2.45) is 23.7 Å². The van der Waals surface area contributed by atoms with Gasteiger partial charge in [-0.1, -0.05) is 121 Å². The summed E-state index contributed by atoms with van der Waals surface area (Å²) in [5, 5.41) is 114. The van der Waals surface area contributed by atoms with Crippen LogP contribution in [0.3, 0.4) is 0 Å². The standard InChI is InChI=1S/C20H20F3N5.C19H19Cl2N5.C19H20N6O2.C19H21N5.C17H14F2N4O2/c1-28-8-6-12(7-9-28)18-14(10-24)17(15-11-25-27-19(15)26-18)13-4-2-3-5-16(13)20(21,22)23;1-26-7-5-11(6-8-26)18-12(9-22)16(13-10-23-25-19(13)24-18)17-14(20)3-2-4-15(17)21;1-24-8-6-12(7-9-24)18-14(10-20)17(15-11-21-23-19(15)22-18)13-4-2-3-5-16(13)25(26)27;1-24-9-7-14(8-10-24)18-15(11-20)17(13-5-3-2-4-6-13)16-12-21-23-19(16)22-18;1-2-4-12-10(7-20)14(11-8-21-23-16(11)22-12)9-5-3-6-13-15(9)25-17(18,19)24-13/h2-5,11-12,17H,6-9H2,1H3,(H2,25,26,27);2-4,10-11,16H,5-8H2,1H3,(H2,23,24,25);2-5,11-12,17H,6-9H2,1H3,(H2,21,22,23);2-6,12,14,17H,7-10H2,1H3,(H2,21,22,23);3,5-6,8,14H,2,4H2,1H3,(H2,21,22,23). The quantitative estimate of drug-likeness (QED) is 0.0308. The molecule has 29 nitrogen and oxygen atoms in total. The number of alkyl halides is 5. The monoisotopic (exact) mass is 1800 g/mol. The number of fused-ring (bicyclic) bond motifs is 6. The highest BCUT2D eigenvalue weighted by molar-refractivity contribution is 6.36. The van der Waals surface area contributed by atoms with Gasteiger partial charge in [0.15, 0.2) is 11.5 Å². The van der Waals surface area contributed by atoms with Crippen LogP contribution in [-0.2, 0) is 6.18 Å². The van der Waals surface area contributed by atoms with E-state index in [1.54, 1.807) is 55.0 Å². The SMILES string of the molecule is CCCC1=C(C#N)C(c2cccc3c2OC(F)(F)O3)c2cn[nH]c2N1.CN1CCC(C2=C(C#N)C(c3c(Cl)cccc3Cl)c3cn[nH]c3N2)CC1.CN1CCC(C2=C(C#N)C(c3ccccc3)c3cn[nH]c3N2)CC1.CN1CCC(C2=C(C#N)C(c3ccccc3C(F)(F)F)c3cn[nH]c3N2)CC1.CN1CCC(C2=C(C#N)C(c3ccccc3[N+](=O)[O-])c3cn[nH]c3N2)CC1. The van der Waals surface area contributed by atoms with Crippen molar-refractivity contribution >= 4 is 58.0 Å². The van der Waals surface area contributed by atoms with Gasteiger partial charge in [0.1, 0.15) is 29.1 Å². The van der Waals surface area contributed by atoms with E-state index in [9.17, 15) is 58.4 Å². The topological polar surface area (TPSA) is 397 Å². The third kappa shape index (κ3) is 18.3. The second-order valence-electron chi connectivity index (χ2n) is 33.9. The third-order valence-corrected chi connectivity index (χ3v) is 26.6. The van der Waals surface area contributed by atoms with Crippen LogP contribution < -0.4 is 36.1 Å². The molecule has 15 heterocycles.